The first-order chi connectivity index (χ1) is 10.9. The zero-order valence-electron chi connectivity index (χ0n) is 11.9. The molecule has 0 heterocycles. The fourth-order valence-electron chi connectivity index (χ4n) is 1.79. The maximum atomic E-state index is 12.4. The van der Waals surface area contributed by atoms with Gasteiger partial charge >= 0.3 is 5.97 Å². The highest BCUT2D eigenvalue weighted by molar-refractivity contribution is 7.92. The number of nitrogens with zero attached hydrogens (tertiary/aromatic N) is 1. The number of carbonyl (C=O) groups is 1. The lowest BCUT2D eigenvalue weighted by Crippen LogP contribution is -2.14. The Balaban J connectivity index is 2.34. The minimum atomic E-state index is -3.91. The van der Waals surface area contributed by atoms with Crippen molar-refractivity contribution in [3.05, 3.63) is 58.6 Å². The highest BCUT2D eigenvalue weighted by atomic mass is 35.5. The van der Waals surface area contributed by atoms with Crippen molar-refractivity contribution in [3.63, 3.8) is 0 Å². The van der Waals surface area contributed by atoms with Gasteiger partial charge in [0.15, 0.2) is 0 Å². The molecule has 0 fully saturated rings. The highest BCUT2D eigenvalue weighted by Gasteiger charge is 2.17. The third kappa shape index (κ3) is 3.80. The summed E-state index contributed by atoms with van der Waals surface area (Å²) in [7, 11) is -2.70. The van der Waals surface area contributed by atoms with Gasteiger partial charge in [0.05, 0.1) is 33.8 Å². The van der Waals surface area contributed by atoms with Crippen molar-refractivity contribution in [2.45, 2.75) is 4.90 Å². The normalized spacial score (nSPS) is 10.7. The van der Waals surface area contributed by atoms with Crippen LogP contribution >= 0.6 is 11.6 Å². The van der Waals surface area contributed by atoms with E-state index in [1.807, 2.05) is 6.07 Å². The Bertz CT molecular complexity index is 904. The van der Waals surface area contributed by atoms with Gasteiger partial charge in [-0.25, -0.2) is 13.2 Å². The van der Waals surface area contributed by atoms with Crippen LogP contribution in [0, 0.1) is 11.3 Å². The molecule has 0 amide bonds. The lowest BCUT2D eigenvalue weighted by Gasteiger charge is -2.09. The molecular formula is C15H11ClN2O4S. The van der Waals surface area contributed by atoms with Gasteiger partial charge in [-0.2, -0.15) is 5.26 Å². The van der Waals surface area contributed by atoms with Crippen LogP contribution in [-0.4, -0.2) is 21.5 Å². The Kier molecular flexibility index (Phi) is 4.89. The van der Waals surface area contributed by atoms with Crippen LogP contribution in [0.3, 0.4) is 0 Å². The molecule has 23 heavy (non-hydrogen) atoms. The van der Waals surface area contributed by atoms with Crippen LogP contribution in [0.2, 0.25) is 5.02 Å². The van der Waals surface area contributed by atoms with Crippen LogP contribution < -0.4 is 4.72 Å². The summed E-state index contributed by atoms with van der Waals surface area (Å²) < 4.78 is 31.6. The van der Waals surface area contributed by atoms with E-state index in [1.165, 1.54) is 49.6 Å². The molecule has 0 radical (unpaired) electrons. The summed E-state index contributed by atoms with van der Waals surface area (Å²) in [5, 5.41) is 8.94. The molecule has 6 nitrogen and oxygen atoms in total. The van der Waals surface area contributed by atoms with Crippen LogP contribution in [0.15, 0.2) is 47.4 Å². The summed E-state index contributed by atoms with van der Waals surface area (Å²) in [4.78, 5) is 11.4. The Morgan fingerprint density at radius 1 is 1.26 bits per heavy atom. The number of benzene rings is 2. The summed E-state index contributed by atoms with van der Waals surface area (Å²) in [5.74, 6) is -0.636. The van der Waals surface area contributed by atoms with E-state index in [9.17, 15) is 13.2 Å². The number of esters is 1. The van der Waals surface area contributed by atoms with Crippen LogP contribution in [0.25, 0.3) is 0 Å². The maximum Gasteiger partial charge on any atom is 0.337 e. The molecule has 0 saturated heterocycles. The summed E-state index contributed by atoms with van der Waals surface area (Å²) >= 11 is 5.87. The first-order valence-electron chi connectivity index (χ1n) is 6.28. The van der Waals surface area contributed by atoms with E-state index in [2.05, 4.69) is 9.46 Å². The second-order valence-electron chi connectivity index (χ2n) is 4.43. The van der Waals surface area contributed by atoms with Crippen molar-refractivity contribution in [1.82, 2.24) is 0 Å². The molecule has 0 aromatic heterocycles. The molecule has 118 valence electrons. The van der Waals surface area contributed by atoms with Crippen LogP contribution in [-0.2, 0) is 14.8 Å². The predicted octanol–water partition coefficient (Wildman–Crippen LogP) is 2.80. The summed E-state index contributed by atoms with van der Waals surface area (Å²) in [6, 6.07) is 11.5. The second kappa shape index (κ2) is 6.69. The highest BCUT2D eigenvalue weighted by Crippen LogP contribution is 2.23. The first-order valence-corrected chi connectivity index (χ1v) is 8.14. The van der Waals surface area contributed by atoms with E-state index in [-0.39, 0.29) is 26.7 Å². The molecule has 0 atom stereocenters. The average molecular weight is 351 g/mol. The number of ether oxygens (including phenoxy) is 1. The van der Waals surface area contributed by atoms with Gasteiger partial charge in [-0.3, -0.25) is 4.72 Å². The third-order valence-electron chi connectivity index (χ3n) is 2.91. The molecule has 0 aliphatic heterocycles. The molecule has 1 N–H and O–H groups in total. The fraction of sp³-hybridized carbons (Fsp3) is 0.0667. The van der Waals surface area contributed by atoms with Crippen molar-refractivity contribution in [2.75, 3.05) is 11.8 Å². The Morgan fingerprint density at radius 3 is 2.61 bits per heavy atom. The number of rotatable bonds is 4. The van der Waals surface area contributed by atoms with Crippen molar-refractivity contribution >= 4 is 33.3 Å². The molecule has 0 saturated carbocycles. The standard InChI is InChI=1S/C15H11ClN2O4S/c1-22-15(19)10-3-2-4-13(7-10)23(20,21)18-12-6-5-11(9-17)14(16)8-12/h2-8,18H,1H3. The number of nitriles is 1. The van der Waals surface area contributed by atoms with Crippen LogP contribution in [0.5, 0.6) is 0 Å². The monoisotopic (exact) mass is 350 g/mol. The zero-order chi connectivity index (χ0) is 17.0. The van der Waals surface area contributed by atoms with E-state index in [4.69, 9.17) is 16.9 Å². The number of methoxy groups -OCH3 is 1. The van der Waals surface area contributed by atoms with Crippen molar-refractivity contribution in [1.29, 1.82) is 5.26 Å². The van der Waals surface area contributed by atoms with E-state index < -0.39 is 16.0 Å². The van der Waals surface area contributed by atoms with E-state index in [0.717, 1.165) is 0 Å². The van der Waals surface area contributed by atoms with Crippen molar-refractivity contribution in [3.8, 4) is 6.07 Å². The van der Waals surface area contributed by atoms with Gasteiger partial charge in [0, 0.05) is 0 Å². The molecule has 8 heteroatoms. The lowest BCUT2D eigenvalue weighted by atomic mass is 10.2. The van der Waals surface area contributed by atoms with Gasteiger partial charge in [-0.1, -0.05) is 17.7 Å². The van der Waals surface area contributed by atoms with Crippen molar-refractivity contribution < 1.29 is 17.9 Å². The number of halogens is 1. The van der Waals surface area contributed by atoms with E-state index >= 15 is 0 Å². The number of anilines is 1. The second-order valence-corrected chi connectivity index (χ2v) is 6.52. The molecule has 0 spiro atoms. The third-order valence-corrected chi connectivity index (χ3v) is 4.60. The Hall–Kier alpha value is -2.56. The van der Waals surface area contributed by atoms with Gasteiger partial charge in [-0.05, 0) is 36.4 Å². The Labute approximate surface area is 138 Å². The van der Waals surface area contributed by atoms with Gasteiger partial charge in [-0.15, -0.1) is 0 Å². The molecule has 2 rings (SSSR count). The number of carbonyl (C=O) groups excluding carboxylic acids is 1. The average Bonchev–Trinajstić information content (AvgIpc) is 2.54. The van der Waals surface area contributed by atoms with E-state index in [1.54, 1.807) is 0 Å². The minimum absolute atomic E-state index is 0.0964. The van der Waals surface area contributed by atoms with Crippen LogP contribution in [0.4, 0.5) is 5.69 Å². The van der Waals surface area contributed by atoms with Gasteiger partial charge in [0.1, 0.15) is 6.07 Å². The number of sulfonamides is 1. The molecule has 0 aliphatic carbocycles. The fourth-order valence-corrected chi connectivity index (χ4v) is 3.11. The quantitative estimate of drug-likeness (QED) is 0.855. The summed E-state index contributed by atoms with van der Waals surface area (Å²) in [6.07, 6.45) is 0. The molecule has 0 aliphatic rings. The SMILES string of the molecule is COC(=O)c1cccc(S(=O)(=O)Nc2ccc(C#N)c(Cl)c2)c1. The van der Waals surface area contributed by atoms with Crippen LogP contribution in [0.1, 0.15) is 15.9 Å². The number of hydrogen-bond acceptors (Lipinski definition) is 5. The molecular weight excluding hydrogens is 340 g/mol. The zero-order valence-corrected chi connectivity index (χ0v) is 13.5. The van der Waals surface area contributed by atoms with Gasteiger partial charge in [0.2, 0.25) is 0 Å². The topological polar surface area (TPSA) is 96.3 Å². The van der Waals surface area contributed by atoms with Gasteiger partial charge < -0.3 is 4.74 Å². The molecule has 0 bridgehead atoms. The smallest absolute Gasteiger partial charge is 0.337 e. The predicted molar refractivity (Wildman–Crippen MR) is 84.8 cm³/mol. The molecule has 2 aromatic carbocycles. The van der Waals surface area contributed by atoms with Crippen molar-refractivity contribution in [2.24, 2.45) is 0 Å². The summed E-state index contributed by atoms with van der Waals surface area (Å²) in [6.45, 7) is 0. The van der Waals surface area contributed by atoms with Gasteiger partial charge in [0.25, 0.3) is 10.0 Å². The number of hydrogen-bond donors (Lipinski definition) is 1. The first kappa shape index (κ1) is 16.8. The minimum Gasteiger partial charge on any atom is -0.465 e. The maximum absolute atomic E-state index is 12.4. The Morgan fingerprint density at radius 2 is 2.00 bits per heavy atom. The molecule has 2 aromatic rings. The largest absolute Gasteiger partial charge is 0.465 e. The molecule has 0 unspecified atom stereocenters. The lowest BCUT2D eigenvalue weighted by molar-refractivity contribution is 0.0600. The summed E-state index contributed by atoms with van der Waals surface area (Å²) in [5.41, 5.74) is 0.563. The number of nitrogens with one attached hydrogen (secondary N) is 1. The van der Waals surface area contributed by atoms with E-state index in [0.29, 0.717) is 0 Å².